The predicted octanol–water partition coefficient (Wildman–Crippen LogP) is -0.771. The largest absolute Gasteiger partial charge is 2.00 e. The van der Waals surface area contributed by atoms with Gasteiger partial charge in [-0.3, -0.25) is 0 Å². The van der Waals surface area contributed by atoms with Gasteiger partial charge in [-0.05, 0) is 6.92 Å². The van der Waals surface area contributed by atoms with Crippen molar-refractivity contribution >= 4 is 23.1 Å². The molecule has 0 bridgehead atoms. The van der Waals surface area contributed by atoms with Crippen LogP contribution in [0.5, 0.6) is 0 Å². The Balaban J connectivity index is 0. The maximum absolute atomic E-state index is 3.84. The standard InChI is InChI=1S/C10H11.BrH.Mg/c1-9(2)8-10-6-4-3-5-7-10;;/h3-4,6-7H,1,8H2,2H3;1H;/q-1;;+2/p-1. The van der Waals surface area contributed by atoms with Gasteiger partial charge in [-0.15, -0.1) is 6.58 Å². The van der Waals surface area contributed by atoms with E-state index in [2.05, 4.69) is 18.7 Å². The predicted molar refractivity (Wildman–Crippen MR) is 49.6 cm³/mol. The Bertz CT molecular complexity index is 219. The SMILES string of the molecule is C=C(C)Cc1c[c-]ccc1.[Br-].[Mg+2]. The molecule has 12 heavy (non-hydrogen) atoms. The number of hydrogen-bond donors (Lipinski definition) is 0. The average molecular weight is 235 g/mol. The van der Waals surface area contributed by atoms with Crippen molar-refractivity contribution in [3.05, 3.63) is 48.0 Å². The first-order chi connectivity index (χ1) is 4.79. The summed E-state index contributed by atoms with van der Waals surface area (Å²) in [4.78, 5) is 0. The molecule has 0 aliphatic heterocycles. The van der Waals surface area contributed by atoms with Crippen LogP contribution in [0.15, 0.2) is 36.4 Å². The van der Waals surface area contributed by atoms with Gasteiger partial charge >= 0.3 is 23.1 Å². The first kappa shape index (κ1) is 14.7. The summed E-state index contributed by atoms with van der Waals surface area (Å²) in [5.74, 6) is 0. The third kappa shape index (κ3) is 5.81. The van der Waals surface area contributed by atoms with E-state index in [1.165, 1.54) is 11.1 Å². The smallest absolute Gasteiger partial charge is 1.00 e. The molecule has 0 nitrogen and oxygen atoms in total. The molecule has 1 aromatic rings. The Labute approximate surface area is 101 Å². The third-order valence-electron chi connectivity index (χ3n) is 1.28. The zero-order valence-corrected chi connectivity index (χ0v) is 10.3. The van der Waals surface area contributed by atoms with E-state index in [1.54, 1.807) is 0 Å². The van der Waals surface area contributed by atoms with Gasteiger partial charge in [0.25, 0.3) is 0 Å². The summed E-state index contributed by atoms with van der Waals surface area (Å²) in [6.45, 7) is 5.87. The maximum Gasteiger partial charge on any atom is 2.00 e. The molecular formula is C10H11BrMg. The molecule has 0 saturated carbocycles. The Kier molecular flexibility index (Phi) is 9.61. The summed E-state index contributed by atoms with van der Waals surface area (Å²) in [5.41, 5.74) is 2.48. The van der Waals surface area contributed by atoms with Gasteiger partial charge in [0.2, 0.25) is 0 Å². The van der Waals surface area contributed by atoms with Gasteiger partial charge in [-0.25, -0.2) is 0 Å². The van der Waals surface area contributed by atoms with Crippen molar-refractivity contribution in [2.24, 2.45) is 0 Å². The molecule has 0 unspecified atom stereocenters. The molecule has 1 rings (SSSR count). The molecule has 0 N–H and O–H groups in total. The van der Waals surface area contributed by atoms with Crippen LogP contribution >= 0.6 is 0 Å². The van der Waals surface area contributed by atoms with Crippen LogP contribution in [0, 0.1) is 6.07 Å². The van der Waals surface area contributed by atoms with Crippen LogP contribution in [0.4, 0.5) is 0 Å². The van der Waals surface area contributed by atoms with Gasteiger partial charge in [0.05, 0.1) is 0 Å². The summed E-state index contributed by atoms with van der Waals surface area (Å²) in [5, 5.41) is 0. The summed E-state index contributed by atoms with van der Waals surface area (Å²) in [6, 6.07) is 11.0. The van der Waals surface area contributed by atoms with Crippen LogP contribution in [0.2, 0.25) is 0 Å². The van der Waals surface area contributed by atoms with Gasteiger partial charge < -0.3 is 17.0 Å². The number of allylic oxidation sites excluding steroid dienone is 1. The minimum absolute atomic E-state index is 0. The van der Waals surface area contributed by atoms with Crippen LogP contribution in [0.1, 0.15) is 12.5 Å². The molecular weight excluding hydrogens is 224 g/mol. The first-order valence-corrected chi connectivity index (χ1v) is 3.38. The minimum atomic E-state index is 0. The fourth-order valence-electron chi connectivity index (χ4n) is 0.889. The molecule has 0 aliphatic carbocycles. The molecule has 0 aromatic heterocycles. The molecule has 0 atom stereocenters. The molecule has 60 valence electrons. The van der Waals surface area contributed by atoms with Gasteiger partial charge in [0, 0.05) is 0 Å². The molecule has 0 saturated heterocycles. The van der Waals surface area contributed by atoms with Crippen molar-refractivity contribution in [2.45, 2.75) is 13.3 Å². The Hall–Kier alpha value is 0.206. The second-order valence-electron chi connectivity index (χ2n) is 2.55. The zero-order valence-electron chi connectivity index (χ0n) is 7.31. The summed E-state index contributed by atoms with van der Waals surface area (Å²) >= 11 is 0. The number of hydrogen-bond acceptors (Lipinski definition) is 0. The molecule has 0 amide bonds. The van der Waals surface area contributed by atoms with E-state index in [9.17, 15) is 0 Å². The molecule has 0 radical (unpaired) electrons. The summed E-state index contributed by atoms with van der Waals surface area (Å²) in [6.07, 6.45) is 0.970. The number of benzene rings is 1. The fourth-order valence-corrected chi connectivity index (χ4v) is 0.889. The maximum atomic E-state index is 3.84. The van der Waals surface area contributed by atoms with Gasteiger partial charge in [0.15, 0.2) is 0 Å². The van der Waals surface area contributed by atoms with Crippen LogP contribution in [-0.4, -0.2) is 23.1 Å². The van der Waals surface area contributed by atoms with Crippen LogP contribution in [-0.2, 0) is 6.42 Å². The van der Waals surface area contributed by atoms with Gasteiger partial charge in [0.1, 0.15) is 0 Å². The molecule has 0 aliphatic rings. The number of rotatable bonds is 2. The van der Waals surface area contributed by atoms with Crippen LogP contribution < -0.4 is 17.0 Å². The first-order valence-electron chi connectivity index (χ1n) is 3.38. The monoisotopic (exact) mass is 234 g/mol. The molecule has 0 fully saturated rings. The minimum Gasteiger partial charge on any atom is -1.00 e. The topological polar surface area (TPSA) is 0 Å². The molecule has 1 aromatic carbocycles. The van der Waals surface area contributed by atoms with E-state index in [-0.39, 0.29) is 40.0 Å². The molecule has 0 heterocycles. The van der Waals surface area contributed by atoms with Crippen molar-refractivity contribution in [1.82, 2.24) is 0 Å². The van der Waals surface area contributed by atoms with E-state index in [4.69, 9.17) is 0 Å². The van der Waals surface area contributed by atoms with E-state index in [0.29, 0.717) is 0 Å². The second kappa shape index (κ2) is 7.83. The van der Waals surface area contributed by atoms with Crippen LogP contribution in [0.3, 0.4) is 0 Å². The van der Waals surface area contributed by atoms with Crippen molar-refractivity contribution in [2.75, 3.05) is 0 Å². The van der Waals surface area contributed by atoms with Crippen molar-refractivity contribution in [3.8, 4) is 0 Å². The van der Waals surface area contributed by atoms with Gasteiger partial charge in [-0.2, -0.15) is 35.9 Å². The van der Waals surface area contributed by atoms with Gasteiger partial charge in [-0.1, -0.05) is 12.0 Å². The average Bonchev–Trinajstić information content (AvgIpc) is 1.88. The van der Waals surface area contributed by atoms with Crippen LogP contribution in [0.25, 0.3) is 0 Å². The summed E-state index contributed by atoms with van der Waals surface area (Å²) in [7, 11) is 0. The quantitative estimate of drug-likeness (QED) is 0.359. The second-order valence-corrected chi connectivity index (χ2v) is 2.55. The molecule has 0 spiro atoms. The zero-order chi connectivity index (χ0) is 7.40. The van der Waals surface area contributed by atoms with E-state index >= 15 is 0 Å². The van der Waals surface area contributed by atoms with E-state index < -0.39 is 0 Å². The Morgan fingerprint density at radius 2 is 2.25 bits per heavy atom. The third-order valence-corrected chi connectivity index (χ3v) is 1.28. The van der Waals surface area contributed by atoms with Crippen molar-refractivity contribution in [3.63, 3.8) is 0 Å². The molecule has 2 heteroatoms. The normalized spacial score (nSPS) is 7.75. The van der Waals surface area contributed by atoms with Crippen molar-refractivity contribution < 1.29 is 17.0 Å². The Morgan fingerprint density at radius 3 is 2.67 bits per heavy atom. The summed E-state index contributed by atoms with van der Waals surface area (Å²) < 4.78 is 0. The van der Waals surface area contributed by atoms with E-state index in [0.717, 1.165) is 6.42 Å². The fraction of sp³-hybridized carbons (Fsp3) is 0.200. The van der Waals surface area contributed by atoms with E-state index in [1.807, 2.05) is 25.1 Å². The number of halogens is 1. The Morgan fingerprint density at radius 1 is 1.58 bits per heavy atom. The van der Waals surface area contributed by atoms with Crippen molar-refractivity contribution in [1.29, 1.82) is 0 Å².